The molecule has 0 aliphatic carbocycles. The number of ether oxygens (including phenoxy) is 1. The molecule has 0 fully saturated rings. The Labute approximate surface area is 109 Å². The van der Waals surface area contributed by atoms with Crippen LogP contribution >= 0.6 is 11.6 Å². The van der Waals surface area contributed by atoms with Crippen LogP contribution in [-0.2, 0) is 11.3 Å². The molecule has 1 heterocycles. The zero-order chi connectivity index (χ0) is 13.1. The molecule has 2 aromatic rings. The highest BCUT2D eigenvalue weighted by Gasteiger charge is 2.20. The van der Waals surface area contributed by atoms with E-state index in [0.29, 0.717) is 17.3 Å². The zero-order valence-electron chi connectivity index (χ0n) is 10.1. The van der Waals surface area contributed by atoms with E-state index in [9.17, 15) is 4.79 Å². The molecule has 0 atom stereocenters. The van der Waals surface area contributed by atoms with Crippen molar-refractivity contribution in [1.29, 1.82) is 0 Å². The minimum atomic E-state index is -0.500. The molecule has 0 aliphatic rings. The minimum absolute atomic E-state index is 0.210. The molecule has 0 unspecified atom stereocenters. The van der Waals surface area contributed by atoms with Crippen molar-refractivity contribution in [1.82, 2.24) is 15.0 Å². The van der Waals surface area contributed by atoms with Gasteiger partial charge in [-0.2, -0.15) is 0 Å². The van der Waals surface area contributed by atoms with Gasteiger partial charge in [0.25, 0.3) is 0 Å². The fourth-order valence-corrected chi connectivity index (χ4v) is 1.79. The van der Waals surface area contributed by atoms with Gasteiger partial charge in [-0.15, -0.1) is 5.10 Å². The average molecular weight is 266 g/mol. The minimum Gasteiger partial charge on any atom is -0.464 e. The van der Waals surface area contributed by atoms with Gasteiger partial charge < -0.3 is 4.74 Å². The molecule has 2 rings (SSSR count). The molecule has 94 valence electrons. The molecule has 0 radical (unpaired) electrons. The number of carbonyl (C=O) groups excluding carboxylic acids is 1. The molecule has 0 saturated carbocycles. The average Bonchev–Trinajstić information content (AvgIpc) is 2.82. The molecule has 1 aromatic heterocycles. The van der Waals surface area contributed by atoms with Gasteiger partial charge in [0.05, 0.1) is 7.11 Å². The second-order valence-electron chi connectivity index (χ2n) is 3.60. The number of nitrogens with zero attached hydrogens (tertiary/aromatic N) is 3. The van der Waals surface area contributed by atoms with Gasteiger partial charge in [-0.25, -0.2) is 9.48 Å². The van der Waals surface area contributed by atoms with Crippen LogP contribution in [0, 0.1) is 0 Å². The van der Waals surface area contributed by atoms with Crippen LogP contribution in [-0.4, -0.2) is 28.1 Å². The third-order valence-corrected chi connectivity index (χ3v) is 2.78. The van der Waals surface area contributed by atoms with Gasteiger partial charge in [-0.3, -0.25) is 0 Å². The van der Waals surface area contributed by atoms with Crippen molar-refractivity contribution in [3.63, 3.8) is 0 Å². The van der Waals surface area contributed by atoms with Gasteiger partial charge >= 0.3 is 5.97 Å². The number of benzene rings is 1. The summed E-state index contributed by atoms with van der Waals surface area (Å²) in [7, 11) is 1.32. The lowest BCUT2D eigenvalue weighted by Crippen LogP contribution is -2.05. The van der Waals surface area contributed by atoms with Crippen molar-refractivity contribution < 1.29 is 9.53 Å². The topological polar surface area (TPSA) is 57.0 Å². The van der Waals surface area contributed by atoms with Crippen LogP contribution in [0.4, 0.5) is 0 Å². The summed E-state index contributed by atoms with van der Waals surface area (Å²) in [5.41, 5.74) is 1.68. The normalized spacial score (nSPS) is 10.4. The van der Waals surface area contributed by atoms with Crippen LogP contribution < -0.4 is 0 Å². The van der Waals surface area contributed by atoms with E-state index < -0.39 is 5.97 Å². The van der Waals surface area contributed by atoms with Gasteiger partial charge in [0, 0.05) is 17.1 Å². The largest absolute Gasteiger partial charge is 0.464 e. The van der Waals surface area contributed by atoms with Crippen LogP contribution in [0.25, 0.3) is 11.3 Å². The van der Waals surface area contributed by atoms with Crippen molar-refractivity contribution in [2.75, 3.05) is 7.11 Å². The van der Waals surface area contributed by atoms with Crippen LogP contribution in [0.1, 0.15) is 17.4 Å². The summed E-state index contributed by atoms with van der Waals surface area (Å²) in [6.07, 6.45) is 0. The van der Waals surface area contributed by atoms with E-state index in [0.717, 1.165) is 5.56 Å². The smallest absolute Gasteiger partial charge is 0.360 e. The molecule has 5 nitrogen and oxygen atoms in total. The highest BCUT2D eigenvalue weighted by molar-refractivity contribution is 6.30. The summed E-state index contributed by atoms with van der Waals surface area (Å²) in [6, 6.07) is 7.15. The summed E-state index contributed by atoms with van der Waals surface area (Å²) >= 11 is 5.85. The molecule has 0 saturated heterocycles. The van der Waals surface area contributed by atoms with Crippen LogP contribution in [0.3, 0.4) is 0 Å². The molecule has 0 aliphatic heterocycles. The third kappa shape index (κ3) is 2.22. The van der Waals surface area contributed by atoms with Crippen molar-refractivity contribution in [2.45, 2.75) is 13.5 Å². The van der Waals surface area contributed by atoms with E-state index in [1.54, 1.807) is 16.8 Å². The number of aryl methyl sites for hydroxylation is 1. The zero-order valence-corrected chi connectivity index (χ0v) is 10.8. The van der Waals surface area contributed by atoms with Crippen molar-refractivity contribution in [2.24, 2.45) is 0 Å². The molecular weight excluding hydrogens is 254 g/mol. The molecule has 0 spiro atoms. The van der Waals surface area contributed by atoms with E-state index >= 15 is 0 Å². The van der Waals surface area contributed by atoms with E-state index in [4.69, 9.17) is 16.3 Å². The summed E-state index contributed by atoms with van der Waals surface area (Å²) in [6.45, 7) is 2.54. The number of hydrogen-bond donors (Lipinski definition) is 0. The molecule has 6 heteroatoms. The summed E-state index contributed by atoms with van der Waals surface area (Å²) < 4.78 is 6.35. The van der Waals surface area contributed by atoms with Gasteiger partial charge in [-0.1, -0.05) is 28.9 Å². The van der Waals surface area contributed by atoms with Crippen molar-refractivity contribution >= 4 is 17.6 Å². The number of hydrogen-bond acceptors (Lipinski definition) is 4. The SMILES string of the molecule is CCn1nnc(C(=O)OC)c1-c1ccc(Cl)cc1. The maximum Gasteiger partial charge on any atom is 0.360 e. The van der Waals surface area contributed by atoms with E-state index in [1.165, 1.54) is 7.11 Å². The second-order valence-corrected chi connectivity index (χ2v) is 4.04. The number of carbonyl (C=O) groups is 1. The summed E-state index contributed by atoms with van der Waals surface area (Å²) in [5, 5.41) is 8.43. The molecule has 0 N–H and O–H groups in total. The van der Waals surface area contributed by atoms with E-state index in [-0.39, 0.29) is 5.69 Å². The third-order valence-electron chi connectivity index (χ3n) is 2.53. The second kappa shape index (κ2) is 5.18. The molecule has 18 heavy (non-hydrogen) atoms. The standard InChI is InChI=1S/C12H12ClN3O2/c1-3-16-11(8-4-6-9(13)7-5-8)10(14-15-16)12(17)18-2/h4-7H,3H2,1-2H3. The van der Waals surface area contributed by atoms with Gasteiger partial charge in [-0.05, 0) is 19.1 Å². The number of esters is 1. The molecule has 1 aromatic carbocycles. The van der Waals surface area contributed by atoms with Crippen molar-refractivity contribution in [3.8, 4) is 11.3 Å². The summed E-state index contributed by atoms with van der Waals surface area (Å²) in [5.74, 6) is -0.500. The van der Waals surface area contributed by atoms with Crippen molar-refractivity contribution in [3.05, 3.63) is 35.0 Å². The summed E-state index contributed by atoms with van der Waals surface area (Å²) in [4.78, 5) is 11.6. The lowest BCUT2D eigenvalue weighted by atomic mass is 10.1. The Hall–Kier alpha value is -1.88. The van der Waals surface area contributed by atoms with Crippen LogP contribution in [0.15, 0.2) is 24.3 Å². The number of halogens is 1. The highest BCUT2D eigenvalue weighted by atomic mass is 35.5. The first kappa shape index (κ1) is 12.6. The first-order valence-corrected chi connectivity index (χ1v) is 5.83. The monoisotopic (exact) mass is 265 g/mol. The van der Waals surface area contributed by atoms with Gasteiger partial charge in [0.2, 0.25) is 0 Å². The highest BCUT2D eigenvalue weighted by Crippen LogP contribution is 2.24. The Balaban J connectivity index is 2.56. The Morgan fingerprint density at radius 2 is 2.06 bits per heavy atom. The van der Waals surface area contributed by atoms with Gasteiger partial charge in [0.1, 0.15) is 5.69 Å². The number of rotatable bonds is 3. The Bertz CT molecular complexity index is 563. The first-order valence-electron chi connectivity index (χ1n) is 5.45. The van der Waals surface area contributed by atoms with E-state index in [2.05, 4.69) is 10.3 Å². The predicted molar refractivity (Wildman–Crippen MR) is 67.5 cm³/mol. The lowest BCUT2D eigenvalue weighted by molar-refractivity contribution is 0.0595. The van der Waals surface area contributed by atoms with Crippen LogP contribution in [0.5, 0.6) is 0 Å². The number of aromatic nitrogens is 3. The number of methoxy groups -OCH3 is 1. The lowest BCUT2D eigenvalue weighted by Gasteiger charge is -2.05. The van der Waals surface area contributed by atoms with Crippen LogP contribution in [0.2, 0.25) is 5.02 Å². The quantitative estimate of drug-likeness (QED) is 0.800. The molecule has 0 bridgehead atoms. The molecule has 0 amide bonds. The predicted octanol–water partition coefficient (Wildman–Crippen LogP) is 2.41. The maximum absolute atomic E-state index is 11.6. The fraction of sp³-hybridized carbons (Fsp3) is 0.250. The fourth-order valence-electron chi connectivity index (χ4n) is 1.66. The Kier molecular flexibility index (Phi) is 3.62. The maximum atomic E-state index is 11.6. The Morgan fingerprint density at radius 3 is 2.61 bits per heavy atom. The van der Waals surface area contributed by atoms with E-state index in [1.807, 2.05) is 19.1 Å². The Morgan fingerprint density at radius 1 is 1.39 bits per heavy atom. The van der Waals surface area contributed by atoms with Gasteiger partial charge in [0.15, 0.2) is 5.69 Å². The first-order chi connectivity index (χ1) is 8.67. The molecular formula is C12H12ClN3O2.